The number of rotatable bonds is 3. The molecule has 3 rings (SSSR count). The van der Waals surface area contributed by atoms with E-state index in [2.05, 4.69) is 0 Å². The second kappa shape index (κ2) is 9.04. The van der Waals surface area contributed by atoms with Crippen LogP contribution in [0.2, 0.25) is 0 Å². The van der Waals surface area contributed by atoms with Gasteiger partial charge in [-0.3, -0.25) is 19.2 Å². The molecule has 1 aliphatic rings. The molecule has 0 saturated heterocycles. The first-order valence-electron chi connectivity index (χ1n) is 11.3. The Hall–Kier alpha value is -3.54. The van der Waals surface area contributed by atoms with Gasteiger partial charge in [-0.2, -0.15) is 13.2 Å². The maximum atomic E-state index is 13.7. The van der Waals surface area contributed by atoms with Crippen LogP contribution in [0.1, 0.15) is 78.9 Å². The van der Waals surface area contributed by atoms with Crippen LogP contribution in [0, 0.1) is 17.8 Å². The molecule has 0 saturated carbocycles. The van der Waals surface area contributed by atoms with Crippen molar-refractivity contribution in [1.29, 1.82) is 0 Å². The Morgan fingerprint density at radius 1 is 0.711 bits per heavy atom. The average Bonchev–Trinajstić information content (AvgIpc) is 2.74. The van der Waals surface area contributed by atoms with E-state index in [4.69, 9.17) is 9.47 Å². The summed E-state index contributed by atoms with van der Waals surface area (Å²) in [5.74, 6) is -4.87. The summed E-state index contributed by atoms with van der Waals surface area (Å²) >= 11 is 0. The van der Waals surface area contributed by atoms with Gasteiger partial charge in [0.2, 0.25) is 5.78 Å². The number of alkyl halides is 3. The molecular formula is C26H25F3O8S. The zero-order chi connectivity index (χ0) is 29.2. The number of ketones is 2. The van der Waals surface area contributed by atoms with Gasteiger partial charge in [-0.25, -0.2) is 8.42 Å². The molecule has 204 valence electrons. The number of hydrogen-bond donors (Lipinski definition) is 0. The van der Waals surface area contributed by atoms with Gasteiger partial charge >= 0.3 is 17.4 Å². The lowest BCUT2D eigenvalue weighted by atomic mass is 9.82. The fourth-order valence-electron chi connectivity index (χ4n) is 3.40. The van der Waals surface area contributed by atoms with Crippen LogP contribution in [0.3, 0.4) is 0 Å². The summed E-state index contributed by atoms with van der Waals surface area (Å²) in [7, 11) is -5.99. The highest BCUT2D eigenvalue weighted by molar-refractivity contribution is 7.92. The maximum absolute atomic E-state index is 13.7. The summed E-state index contributed by atoms with van der Waals surface area (Å²) in [6.45, 7) is 10.5. The molecule has 0 unspecified atom stereocenters. The van der Waals surface area contributed by atoms with Gasteiger partial charge in [0.1, 0.15) is 11.5 Å². The van der Waals surface area contributed by atoms with Gasteiger partial charge in [0.05, 0.1) is 26.9 Å². The standard InChI is InChI=1S/C26H25F3O8S/c1-12-8-14-18(16(9-12)36-22(32)24(2,3)4)21(31)19-15(20(14)30)10-13(38(34,35)26(27,28)29)11-17(19)37-23(33)25(5,6)7/h8-11H,1-7H3. The summed E-state index contributed by atoms with van der Waals surface area (Å²) in [6, 6.07) is 3.41. The zero-order valence-electron chi connectivity index (χ0n) is 21.6. The van der Waals surface area contributed by atoms with Crippen LogP contribution >= 0.6 is 0 Å². The predicted molar refractivity (Wildman–Crippen MR) is 128 cm³/mol. The first-order chi connectivity index (χ1) is 17.1. The van der Waals surface area contributed by atoms with E-state index in [0.29, 0.717) is 17.7 Å². The quantitative estimate of drug-likeness (QED) is 0.329. The average molecular weight is 555 g/mol. The number of benzene rings is 2. The van der Waals surface area contributed by atoms with Crippen LogP contribution in [-0.4, -0.2) is 37.4 Å². The monoisotopic (exact) mass is 554 g/mol. The van der Waals surface area contributed by atoms with E-state index in [9.17, 15) is 40.8 Å². The number of sulfone groups is 1. The van der Waals surface area contributed by atoms with E-state index >= 15 is 0 Å². The van der Waals surface area contributed by atoms with Crippen molar-refractivity contribution < 1.29 is 50.2 Å². The van der Waals surface area contributed by atoms with Gasteiger partial charge in [0, 0.05) is 17.2 Å². The predicted octanol–water partition coefficient (Wildman–Crippen LogP) is 4.97. The van der Waals surface area contributed by atoms with Gasteiger partial charge < -0.3 is 9.47 Å². The van der Waals surface area contributed by atoms with E-state index in [1.807, 2.05) is 0 Å². The number of fused-ring (bicyclic) bond motifs is 2. The Morgan fingerprint density at radius 2 is 1.13 bits per heavy atom. The number of carbonyl (C=O) groups excluding carboxylic acids is 4. The Kier molecular flexibility index (Phi) is 6.90. The molecule has 8 nitrogen and oxygen atoms in total. The molecule has 38 heavy (non-hydrogen) atoms. The molecule has 0 radical (unpaired) electrons. The molecule has 0 aromatic heterocycles. The van der Waals surface area contributed by atoms with Crippen LogP contribution in [0.5, 0.6) is 11.5 Å². The highest BCUT2D eigenvalue weighted by Crippen LogP contribution is 2.42. The van der Waals surface area contributed by atoms with E-state index in [1.54, 1.807) is 20.8 Å². The summed E-state index contributed by atoms with van der Waals surface area (Å²) < 4.78 is 75.2. The summed E-state index contributed by atoms with van der Waals surface area (Å²) in [5, 5.41) is 0. The van der Waals surface area contributed by atoms with Crippen LogP contribution in [0.25, 0.3) is 0 Å². The third-order valence-corrected chi connectivity index (χ3v) is 6.98. The molecule has 0 aliphatic heterocycles. The van der Waals surface area contributed by atoms with E-state index in [1.165, 1.54) is 39.8 Å². The number of aryl methyl sites for hydroxylation is 1. The molecule has 0 spiro atoms. The maximum Gasteiger partial charge on any atom is 0.501 e. The molecule has 2 aromatic rings. The van der Waals surface area contributed by atoms with Crippen LogP contribution < -0.4 is 9.47 Å². The number of halogens is 3. The largest absolute Gasteiger partial charge is 0.501 e. The van der Waals surface area contributed by atoms with Crippen molar-refractivity contribution in [3.8, 4) is 11.5 Å². The van der Waals surface area contributed by atoms with Crippen molar-refractivity contribution in [1.82, 2.24) is 0 Å². The first-order valence-corrected chi connectivity index (χ1v) is 12.7. The van der Waals surface area contributed by atoms with Gasteiger partial charge in [0.25, 0.3) is 9.84 Å². The minimum atomic E-state index is -5.99. The first kappa shape index (κ1) is 29.0. The molecule has 0 N–H and O–H groups in total. The molecule has 0 heterocycles. The van der Waals surface area contributed by atoms with Gasteiger partial charge in [-0.05, 0) is 72.2 Å². The normalized spacial score (nSPS) is 14.1. The van der Waals surface area contributed by atoms with Crippen LogP contribution in [0.4, 0.5) is 13.2 Å². The topological polar surface area (TPSA) is 121 Å². The third kappa shape index (κ3) is 5.09. The third-order valence-electron chi connectivity index (χ3n) is 5.51. The zero-order valence-corrected chi connectivity index (χ0v) is 22.4. The lowest BCUT2D eigenvalue weighted by molar-refractivity contribution is -0.143. The second-order valence-electron chi connectivity index (χ2n) is 10.9. The van der Waals surface area contributed by atoms with Crippen molar-refractivity contribution in [3.63, 3.8) is 0 Å². The number of carbonyl (C=O) groups is 4. The number of ether oxygens (including phenoxy) is 2. The van der Waals surface area contributed by atoms with Crippen molar-refractivity contribution in [3.05, 3.63) is 52.1 Å². The highest BCUT2D eigenvalue weighted by atomic mass is 32.2. The lowest BCUT2D eigenvalue weighted by Crippen LogP contribution is -2.31. The molecule has 0 bridgehead atoms. The van der Waals surface area contributed by atoms with Crippen molar-refractivity contribution >= 4 is 33.3 Å². The van der Waals surface area contributed by atoms with E-state index in [-0.39, 0.29) is 16.9 Å². The van der Waals surface area contributed by atoms with Crippen LogP contribution in [-0.2, 0) is 19.4 Å². The second-order valence-corrected chi connectivity index (χ2v) is 12.9. The van der Waals surface area contributed by atoms with Crippen molar-refractivity contribution in [2.24, 2.45) is 10.8 Å². The number of esters is 2. The summed E-state index contributed by atoms with van der Waals surface area (Å²) in [4.78, 5) is 51.0. The Balaban J connectivity index is 2.36. The van der Waals surface area contributed by atoms with Crippen LogP contribution in [0.15, 0.2) is 29.2 Å². The SMILES string of the molecule is Cc1cc(OC(=O)C(C)(C)C)c2c(c1)C(=O)c1cc(S(=O)(=O)C(F)(F)F)cc(OC(=O)C(C)(C)C)c1C2=O. The fourth-order valence-corrected chi connectivity index (χ4v) is 4.20. The van der Waals surface area contributed by atoms with E-state index < -0.39 is 71.5 Å². The molecule has 1 aliphatic carbocycles. The minimum absolute atomic E-state index is 0.274. The Labute approximate surface area is 217 Å². The number of hydrogen-bond acceptors (Lipinski definition) is 8. The van der Waals surface area contributed by atoms with Crippen molar-refractivity contribution in [2.45, 2.75) is 58.9 Å². The summed E-state index contributed by atoms with van der Waals surface area (Å²) in [6.07, 6.45) is 0. The molecule has 0 fully saturated rings. The Morgan fingerprint density at radius 3 is 1.55 bits per heavy atom. The molecule has 12 heteroatoms. The van der Waals surface area contributed by atoms with Gasteiger partial charge in [0.15, 0.2) is 5.78 Å². The molecule has 2 aromatic carbocycles. The lowest BCUT2D eigenvalue weighted by Gasteiger charge is -2.25. The fraction of sp³-hybridized carbons (Fsp3) is 0.385. The minimum Gasteiger partial charge on any atom is -0.425 e. The van der Waals surface area contributed by atoms with Gasteiger partial charge in [-0.1, -0.05) is 0 Å². The highest BCUT2D eigenvalue weighted by Gasteiger charge is 2.48. The smallest absolute Gasteiger partial charge is 0.425 e. The Bertz CT molecular complexity index is 1500. The van der Waals surface area contributed by atoms with Gasteiger partial charge in [-0.15, -0.1) is 0 Å². The molecule has 0 amide bonds. The summed E-state index contributed by atoms with van der Waals surface area (Å²) in [5.41, 5.74) is -9.58. The molecular weight excluding hydrogens is 529 g/mol. The van der Waals surface area contributed by atoms with Crippen molar-refractivity contribution in [2.75, 3.05) is 0 Å². The molecule has 0 atom stereocenters. The van der Waals surface area contributed by atoms with E-state index in [0.717, 1.165) is 0 Å².